The lowest BCUT2D eigenvalue weighted by atomic mass is 10.2. The molecule has 0 saturated heterocycles. The minimum absolute atomic E-state index is 0.580. The van der Waals surface area contributed by atoms with Gasteiger partial charge in [-0.15, -0.1) is 0 Å². The number of nitrogens with zero attached hydrogens (tertiary/aromatic N) is 1. The van der Waals surface area contributed by atoms with Crippen LogP contribution in [0.3, 0.4) is 0 Å². The number of hydrogen-bond donors (Lipinski definition) is 2. The van der Waals surface area contributed by atoms with Crippen molar-refractivity contribution >= 4 is 5.71 Å². The minimum Gasteiger partial charge on any atom is -0.405 e. The molecule has 0 spiro atoms. The molecule has 0 amide bonds. The lowest BCUT2D eigenvalue weighted by molar-refractivity contribution is 1.04. The van der Waals surface area contributed by atoms with Crippen LogP contribution in [0.2, 0.25) is 0 Å². The normalized spacial score (nSPS) is 12.3. The summed E-state index contributed by atoms with van der Waals surface area (Å²) in [5.41, 5.74) is 11.3. The van der Waals surface area contributed by atoms with E-state index >= 15 is 0 Å². The van der Waals surface area contributed by atoms with Crippen LogP contribution in [0.4, 0.5) is 0 Å². The Morgan fingerprint density at radius 1 is 1.60 bits per heavy atom. The van der Waals surface area contributed by atoms with Crippen molar-refractivity contribution in [1.29, 1.82) is 0 Å². The number of rotatable bonds is 4. The molecule has 0 saturated carbocycles. The second-order valence-electron chi connectivity index (χ2n) is 1.70. The highest BCUT2D eigenvalue weighted by Gasteiger charge is 1.88. The molecule has 3 nitrogen and oxygen atoms in total. The second kappa shape index (κ2) is 6.04. The van der Waals surface area contributed by atoms with Crippen LogP contribution in [0.1, 0.15) is 6.42 Å². The van der Waals surface area contributed by atoms with Crippen molar-refractivity contribution in [3.05, 3.63) is 25.1 Å². The van der Waals surface area contributed by atoms with E-state index in [1.54, 1.807) is 6.08 Å². The fraction of sp³-hybridized carbons (Fsp3) is 0.286. The van der Waals surface area contributed by atoms with E-state index in [1.807, 2.05) is 0 Å². The molecule has 0 aromatic carbocycles. The van der Waals surface area contributed by atoms with Gasteiger partial charge in [-0.05, 0) is 18.8 Å². The summed E-state index contributed by atoms with van der Waals surface area (Å²) in [6, 6.07) is 0. The van der Waals surface area contributed by atoms with E-state index in [4.69, 9.17) is 11.5 Å². The van der Waals surface area contributed by atoms with Gasteiger partial charge >= 0.3 is 0 Å². The second-order valence-corrected chi connectivity index (χ2v) is 1.70. The zero-order valence-corrected chi connectivity index (χ0v) is 5.96. The number of nitrogens with two attached hydrogens (primary N) is 2. The summed E-state index contributed by atoms with van der Waals surface area (Å²) in [4.78, 5) is 3.94. The van der Waals surface area contributed by atoms with Gasteiger partial charge in [0, 0.05) is 18.3 Å². The van der Waals surface area contributed by atoms with Gasteiger partial charge in [0.05, 0.1) is 0 Å². The summed E-state index contributed by atoms with van der Waals surface area (Å²) in [6.07, 6.45) is 5.37. The lowest BCUT2D eigenvalue weighted by Gasteiger charge is -1.93. The Labute approximate surface area is 61.1 Å². The van der Waals surface area contributed by atoms with Gasteiger partial charge in [0.1, 0.15) is 0 Å². The largest absolute Gasteiger partial charge is 0.405 e. The van der Waals surface area contributed by atoms with Gasteiger partial charge in [-0.2, -0.15) is 0 Å². The van der Waals surface area contributed by atoms with E-state index in [9.17, 15) is 0 Å². The van der Waals surface area contributed by atoms with Gasteiger partial charge in [0.15, 0.2) is 0 Å². The molecule has 0 atom stereocenters. The number of aliphatic imine (C=N–C) groups is 1. The molecule has 0 bridgehead atoms. The standard InChI is InChI=1S/C7H13N3/c1-2-10-7(3-5-8)4-6-9/h2-3,5H,1,4,6,8-9H2/b5-3-,10-7?. The molecular weight excluding hydrogens is 126 g/mol. The van der Waals surface area contributed by atoms with Crippen LogP contribution in [-0.4, -0.2) is 12.3 Å². The quantitative estimate of drug-likeness (QED) is 0.553. The summed E-state index contributed by atoms with van der Waals surface area (Å²) in [5.74, 6) is 0. The Kier molecular flexibility index (Phi) is 5.38. The maximum absolute atomic E-state index is 5.30. The van der Waals surface area contributed by atoms with Gasteiger partial charge < -0.3 is 11.5 Å². The van der Waals surface area contributed by atoms with E-state index in [-0.39, 0.29) is 0 Å². The van der Waals surface area contributed by atoms with Gasteiger partial charge in [-0.1, -0.05) is 6.58 Å². The zero-order chi connectivity index (χ0) is 7.82. The van der Waals surface area contributed by atoms with Crippen molar-refractivity contribution in [3.8, 4) is 0 Å². The number of hydrogen-bond acceptors (Lipinski definition) is 3. The maximum atomic E-state index is 5.30. The van der Waals surface area contributed by atoms with Gasteiger partial charge in [0.25, 0.3) is 0 Å². The van der Waals surface area contributed by atoms with Crippen LogP contribution in [0.5, 0.6) is 0 Å². The molecule has 3 heteroatoms. The molecule has 56 valence electrons. The molecule has 4 N–H and O–H groups in total. The molecule has 0 aromatic rings. The fourth-order valence-electron chi connectivity index (χ4n) is 0.567. The van der Waals surface area contributed by atoms with Crippen molar-refractivity contribution < 1.29 is 0 Å². The van der Waals surface area contributed by atoms with Crippen molar-refractivity contribution in [2.75, 3.05) is 6.54 Å². The van der Waals surface area contributed by atoms with Gasteiger partial charge in [0.2, 0.25) is 0 Å². The average molecular weight is 139 g/mol. The Bertz CT molecular complexity index is 147. The lowest BCUT2D eigenvalue weighted by Crippen LogP contribution is -2.05. The molecule has 0 aliphatic carbocycles. The smallest absolute Gasteiger partial charge is 0.0430 e. The molecular formula is C7H13N3. The molecule has 0 rings (SSSR count). The molecule has 0 aliphatic heterocycles. The Balaban J connectivity index is 3.96. The summed E-state index contributed by atoms with van der Waals surface area (Å²) in [6.45, 7) is 4.04. The Morgan fingerprint density at radius 2 is 2.30 bits per heavy atom. The predicted octanol–water partition coefficient (Wildman–Crippen LogP) is 0.392. The van der Waals surface area contributed by atoms with Crippen LogP contribution in [0.25, 0.3) is 0 Å². The van der Waals surface area contributed by atoms with Gasteiger partial charge in [-0.3, -0.25) is 4.99 Å². The predicted molar refractivity (Wildman–Crippen MR) is 44.6 cm³/mol. The highest BCUT2D eigenvalue weighted by Crippen LogP contribution is 1.87. The zero-order valence-electron chi connectivity index (χ0n) is 5.96. The third kappa shape index (κ3) is 3.86. The topological polar surface area (TPSA) is 64.4 Å². The monoisotopic (exact) mass is 139 g/mol. The highest BCUT2D eigenvalue weighted by atomic mass is 14.7. The van der Waals surface area contributed by atoms with Crippen molar-refractivity contribution in [1.82, 2.24) is 0 Å². The average Bonchev–Trinajstić information content (AvgIpc) is 1.90. The van der Waals surface area contributed by atoms with Crippen LogP contribution in [-0.2, 0) is 0 Å². The minimum atomic E-state index is 0.580. The molecule has 10 heavy (non-hydrogen) atoms. The number of allylic oxidation sites excluding steroid dienone is 1. The fourth-order valence-corrected chi connectivity index (χ4v) is 0.567. The first-order valence-electron chi connectivity index (χ1n) is 3.11. The molecule has 0 aliphatic rings. The van der Waals surface area contributed by atoms with E-state index in [0.717, 1.165) is 12.1 Å². The summed E-state index contributed by atoms with van der Waals surface area (Å²) in [7, 11) is 0. The van der Waals surface area contributed by atoms with Crippen LogP contribution in [0.15, 0.2) is 30.0 Å². The van der Waals surface area contributed by atoms with Crippen LogP contribution in [0, 0.1) is 0 Å². The first-order valence-corrected chi connectivity index (χ1v) is 3.11. The maximum Gasteiger partial charge on any atom is 0.0430 e. The molecule has 0 fully saturated rings. The third-order valence-corrected chi connectivity index (χ3v) is 0.946. The van der Waals surface area contributed by atoms with Crippen molar-refractivity contribution in [2.24, 2.45) is 16.5 Å². The van der Waals surface area contributed by atoms with E-state index in [2.05, 4.69) is 11.6 Å². The van der Waals surface area contributed by atoms with Crippen LogP contribution < -0.4 is 11.5 Å². The summed E-state index contributed by atoms with van der Waals surface area (Å²) < 4.78 is 0. The third-order valence-electron chi connectivity index (χ3n) is 0.946. The van der Waals surface area contributed by atoms with Crippen molar-refractivity contribution in [2.45, 2.75) is 6.42 Å². The molecule has 0 aromatic heterocycles. The Morgan fingerprint density at radius 3 is 2.70 bits per heavy atom. The molecule has 0 radical (unpaired) electrons. The van der Waals surface area contributed by atoms with E-state index < -0.39 is 0 Å². The first kappa shape index (κ1) is 8.91. The van der Waals surface area contributed by atoms with E-state index in [1.165, 1.54) is 12.4 Å². The SMILES string of the molecule is C=CN=C(/C=C\N)CCN. The summed E-state index contributed by atoms with van der Waals surface area (Å²) in [5, 5.41) is 0. The first-order chi connectivity index (χ1) is 4.85. The van der Waals surface area contributed by atoms with Crippen molar-refractivity contribution in [3.63, 3.8) is 0 Å². The van der Waals surface area contributed by atoms with Gasteiger partial charge in [-0.25, -0.2) is 0 Å². The highest BCUT2D eigenvalue weighted by molar-refractivity contribution is 5.95. The van der Waals surface area contributed by atoms with Crippen LogP contribution >= 0.6 is 0 Å². The molecule has 0 heterocycles. The summed E-state index contributed by atoms with van der Waals surface area (Å²) >= 11 is 0. The van der Waals surface area contributed by atoms with E-state index in [0.29, 0.717) is 6.54 Å². The Hall–Kier alpha value is -1.09. The molecule has 0 unspecified atom stereocenters.